The van der Waals surface area contributed by atoms with E-state index < -0.39 is 5.97 Å². The molecule has 0 amide bonds. The van der Waals surface area contributed by atoms with E-state index in [4.69, 9.17) is 0 Å². The Morgan fingerprint density at radius 1 is 0.848 bits per heavy atom. The van der Waals surface area contributed by atoms with E-state index in [-0.39, 0.29) is 22.9 Å². The van der Waals surface area contributed by atoms with Gasteiger partial charge in [-0.1, -0.05) is 46.8 Å². The molecule has 5 aliphatic rings. The van der Waals surface area contributed by atoms with Crippen molar-refractivity contribution in [3.63, 3.8) is 0 Å². The van der Waals surface area contributed by atoms with E-state index in [0.29, 0.717) is 46.3 Å². The first-order valence-corrected chi connectivity index (χ1v) is 13.9. The Kier molecular flexibility index (Phi) is 5.31. The van der Waals surface area contributed by atoms with Crippen LogP contribution in [0.2, 0.25) is 0 Å². The van der Waals surface area contributed by atoms with E-state index in [9.17, 15) is 15.0 Å². The maximum absolute atomic E-state index is 12.2. The number of fused-ring (bicyclic) bond motifs is 7. The average molecular weight is 457 g/mol. The molecule has 0 aliphatic heterocycles. The van der Waals surface area contributed by atoms with Crippen molar-refractivity contribution in [2.45, 2.75) is 105 Å². The van der Waals surface area contributed by atoms with Crippen molar-refractivity contribution in [1.82, 2.24) is 0 Å². The van der Waals surface area contributed by atoms with Gasteiger partial charge in [-0.25, -0.2) is 0 Å². The van der Waals surface area contributed by atoms with Gasteiger partial charge in [-0.15, -0.1) is 0 Å². The lowest BCUT2D eigenvalue weighted by Crippen LogP contribution is -2.66. The molecule has 186 valence electrons. The smallest absolute Gasteiger partial charge is 0.306 e. The van der Waals surface area contributed by atoms with E-state index in [1.54, 1.807) is 0 Å². The Morgan fingerprint density at radius 3 is 2.15 bits per heavy atom. The van der Waals surface area contributed by atoms with Crippen LogP contribution < -0.4 is 0 Å². The predicted octanol–water partition coefficient (Wildman–Crippen LogP) is 6.95. The second kappa shape index (κ2) is 7.34. The van der Waals surface area contributed by atoms with Crippen LogP contribution in [0.4, 0.5) is 0 Å². The Bertz CT molecular complexity index is 845. The van der Waals surface area contributed by atoms with Gasteiger partial charge >= 0.3 is 5.97 Å². The fourth-order valence-electron chi connectivity index (χ4n) is 11.5. The first-order valence-electron chi connectivity index (χ1n) is 13.9. The lowest BCUT2D eigenvalue weighted by atomic mass is 9.33. The minimum atomic E-state index is -0.576. The summed E-state index contributed by atoms with van der Waals surface area (Å²) in [6.45, 7) is 19.0. The van der Waals surface area contributed by atoms with Gasteiger partial charge in [-0.05, 0) is 122 Å². The molecule has 0 saturated heterocycles. The molecule has 33 heavy (non-hydrogen) atoms. The topological polar surface area (TPSA) is 57.5 Å². The molecule has 2 N–H and O–H groups in total. The number of carboxylic acids is 1. The summed E-state index contributed by atoms with van der Waals surface area (Å²) in [5, 5.41) is 20.9. The molecule has 5 rings (SSSR count). The van der Waals surface area contributed by atoms with Gasteiger partial charge in [0.05, 0.1) is 12.0 Å². The molecule has 5 aliphatic carbocycles. The molecule has 0 spiro atoms. The fraction of sp³-hybridized carbons (Fsp3) is 0.900. The Hall–Kier alpha value is -0.830. The fourth-order valence-corrected chi connectivity index (χ4v) is 11.5. The molecule has 0 bridgehead atoms. The molecule has 3 heteroatoms. The van der Waals surface area contributed by atoms with Crippen molar-refractivity contribution in [2.75, 3.05) is 0 Å². The summed E-state index contributed by atoms with van der Waals surface area (Å²) in [4.78, 5) is 12.2. The number of aliphatic hydroxyl groups is 1. The first kappa shape index (κ1) is 23.9. The van der Waals surface area contributed by atoms with Crippen LogP contribution in [0.1, 0.15) is 99.3 Å². The van der Waals surface area contributed by atoms with Crippen molar-refractivity contribution in [2.24, 2.45) is 63.1 Å². The third kappa shape index (κ3) is 2.93. The highest BCUT2D eigenvalue weighted by Crippen LogP contribution is 2.76. The standard InChI is InChI=1S/C30H48O3/c1-17(2)19-16-20(26(32)33)18-10-14-29(6)21(25(18)19)8-9-23-28(5)13-12-24(31)27(3,4)22(28)11-15-30(23,29)7/h18-25,31H,1,8-16H2,2-7H3,(H,32,33)/t18?,19-,20+,21+,22-,23+,24-,25+,28-,29+,30+/m0/s1. The highest BCUT2D eigenvalue weighted by Gasteiger charge is 2.69. The molecular weight excluding hydrogens is 408 g/mol. The van der Waals surface area contributed by atoms with Gasteiger partial charge in [0.25, 0.3) is 0 Å². The molecule has 0 aromatic heterocycles. The average Bonchev–Trinajstić information content (AvgIpc) is 3.12. The zero-order chi connectivity index (χ0) is 24.1. The van der Waals surface area contributed by atoms with Crippen molar-refractivity contribution in [1.29, 1.82) is 0 Å². The summed E-state index contributed by atoms with van der Waals surface area (Å²) in [5.74, 6) is 2.35. The van der Waals surface area contributed by atoms with Crippen LogP contribution >= 0.6 is 0 Å². The van der Waals surface area contributed by atoms with Gasteiger partial charge in [-0.2, -0.15) is 0 Å². The van der Waals surface area contributed by atoms with Crippen LogP contribution in [0.15, 0.2) is 12.2 Å². The summed E-state index contributed by atoms with van der Waals surface area (Å²) >= 11 is 0. The molecular formula is C30H48O3. The normalized spacial score (nSPS) is 55.0. The van der Waals surface area contributed by atoms with Crippen LogP contribution in [0.5, 0.6) is 0 Å². The molecule has 0 aromatic carbocycles. The lowest BCUT2D eigenvalue weighted by molar-refractivity contribution is -0.241. The van der Waals surface area contributed by atoms with Gasteiger partial charge < -0.3 is 10.2 Å². The zero-order valence-corrected chi connectivity index (χ0v) is 22.0. The zero-order valence-electron chi connectivity index (χ0n) is 22.0. The van der Waals surface area contributed by atoms with Gasteiger partial charge in [-0.3, -0.25) is 4.79 Å². The summed E-state index contributed by atoms with van der Waals surface area (Å²) in [7, 11) is 0. The summed E-state index contributed by atoms with van der Waals surface area (Å²) < 4.78 is 0. The number of hydrogen-bond donors (Lipinski definition) is 2. The minimum Gasteiger partial charge on any atom is -0.481 e. The molecule has 11 atom stereocenters. The first-order chi connectivity index (χ1) is 15.3. The number of rotatable bonds is 2. The van der Waals surface area contributed by atoms with E-state index in [1.165, 1.54) is 37.7 Å². The van der Waals surface area contributed by atoms with Crippen molar-refractivity contribution < 1.29 is 15.0 Å². The van der Waals surface area contributed by atoms with E-state index in [0.717, 1.165) is 25.7 Å². The van der Waals surface area contributed by atoms with Crippen LogP contribution in [0.25, 0.3) is 0 Å². The Balaban J connectivity index is 1.53. The van der Waals surface area contributed by atoms with E-state index in [2.05, 4.69) is 48.1 Å². The minimum absolute atomic E-state index is 0.00501. The molecule has 3 nitrogen and oxygen atoms in total. The Labute approximate surface area is 201 Å². The van der Waals surface area contributed by atoms with Gasteiger partial charge in [0.15, 0.2) is 0 Å². The highest BCUT2D eigenvalue weighted by atomic mass is 16.4. The summed E-state index contributed by atoms with van der Waals surface area (Å²) in [6.07, 6.45) is 10.0. The number of aliphatic hydroxyl groups excluding tert-OH is 1. The molecule has 0 aromatic rings. The van der Waals surface area contributed by atoms with E-state index in [1.807, 2.05) is 0 Å². The number of hydrogen-bond acceptors (Lipinski definition) is 2. The van der Waals surface area contributed by atoms with Crippen molar-refractivity contribution >= 4 is 5.97 Å². The number of carbonyl (C=O) groups is 1. The highest BCUT2D eigenvalue weighted by molar-refractivity contribution is 5.71. The third-order valence-electron chi connectivity index (χ3n) is 13.3. The van der Waals surface area contributed by atoms with E-state index >= 15 is 0 Å². The number of carboxylic acid groups (broad SMARTS) is 1. The SMILES string of the molecule is C=C(C)[C@@H]1C[C@@H](C(=O)O)C2CC[C@]3(C)[C@H](CC[C@@H]4[C@@]5(C)CC[C@H](O)C(C)(C)[C@@H]5CC[C@]43C)[C@H]21. The molecule has 0 radical (unpaired) electrons. The second-order valence-corrected chi connectivity index (χ2v) is 14.5. The molecule has 5 saturated carbocycles. The maximum Gasteiger partial charge on any atom is 0.306 e. The Morgan fingerprint density at radius 2 is 1.52 bits per heavy atom. The molecule has 0 heterocycles. The number of allylic oxidation sites excluding steroid dienone is 1. The van der Waals surface area contributed by atoms with Gasteiger partial charge in [0, 0.05) is 0 Å². The number of aliphatic carboxylic acids is 1. The molecule has 1 unspecified atom stereocenters. The summed E-state index contributed by atoms with van der Waals surface area (Å²) in [6, 6.07) is 0. The lowest BCUT2D eigenvalue weighted by Gasteiger charge is -2.72. The third-order valence-corrected chi connectivity index (χ3v) is 13.3. The van der Waals surface area contributed by atoms with Gasteiger partial charge in [0.2, 0.25) is 0 Å². The van der Waals surface area contributed by atoms with Crippen molar-refractivity contribution in [3.05, 3.63) is 12.2 Å². The largest absolute Gasteiger partial charge is 0.481 e. The maximum atomic E-state index is 12.2. The van der Waals surface area contributed by atoms with Gasteiger partial charge in [0.1, 0.15) is 0 Å². The van der Waals surface area contributed by atoms with Crippen molar-refractivity contribution in [3.8, 4) is 0 Å². The van der Waals surface area contributed by atoms with Crippen LogP contribution in [-0.2, 0) is 4.79 Å². The predicted molar refractivity (Wildman–Crippen MR) is 133 cm³/mol. The van der Waals surface area contributed by atoms with Crippen LogP contribution in [0.3, 0.4) is 0 Å². The monoisotopic (exact) mass is 456 g/mol. The molecule has 5 fully saturated rings. The van der Waals surface area contributed by atoms with Crippen LogP contribution in [0, 0.1) is 63.1 Å². The second-order valence-electron chi connectivity index (χ2n) is 14.5. The summed E-state index contributed by atoms with van der Waals surface area (Å²) in [5.41, 5.74) is 2.07. The van der Waals surface area contributed by atoms with Crippen LogP contribution in [-0.4, -0.2) is 22.3 Å². The quantitative estimate of drug-likeness (QED) is 0.442.